The number of rotatable bonds is 4. The maximum absolute atomic E-state index is 11.4. The fraction of sp³-hybridized carbons (Fsp3) is 0.188. The lowest BCUT2D eigenvalue weighted by atomic mass is 10.1. The van der Waals surface area contributed by atoms with E-state index in [0.717, 1.165) is 0 Å². The molecule has 0 aliphatic carbocycles. The van der Waals surface area contributed by atoms with Crippen LogP contribution in [0.3, 0.4) is 0 Å². The Kier molecular flexibility index (Phi) is 4.52. The molecule has 0 N–H and O–H groups in total. The normalized spacial score (nSPS) is 12.5. The minimum absolute atomic E-state index is 0.278. The number of hydrogen-bond donors (Lipinski definition) is 0. The summed E-state index contributed by atoms with van der Waals surface area (Å²) in [6, 6.07) is 18.4. The van der Waals surface area contributed by atoms with Crippen LogP contribution >= 0.6 is 0 Å². The van der Waals surface area contributed by atoms with Crippen molar-refractivity contribution in [3.05, 3.63) is 65.7 Å². The summed E-state index contributed by atoms with van der Waals surface area (Å²) in [5, 5.41) is 1.46. The van der Waals surface area contributed by atoms with Gasteiger partial charge in [0.25, 0.3) is 0 Å². The quantitative estimate of drug-likeness (QED) is 0.628. The van der Waals surface area contributed by atoms with E-state index in [9.17, 15) is 4.79 Å². The van der Waals surface area contributed by atoms with E-state index in [1.54, 1.807) is 0 Å². The Morgan fingerprint density at radius 1 is 1.05 bits per heavy atom. The Morgan fingerprint density at radius 3 is 2.26 bits per heavy atom. The predicted octanol–water partition coefficient (Wildman–Crippen LogP) is 2.03. The van der Waals surface area contributed by atoms with Gasteiger partial charge in [-0.1, -0.05) is 54.6 Å². The van der Waals surface area contributed by atoms with Crippen LogP contribution in [-0.4, -0.2) is 22.6 Å². The zero-order valence-corrected chi connectivity index (χ0v) is 12.7. The third-order valence-electron chi connectivity index (χ3n) is 3.29. The number of methoxy groups -OCH3 is 1. The second kappa shape index (κ2) is 6.34. The van der Waals surface area contributed by atoms with Crippen LogP contribution in [0.2, 0.25) is 0 Å². The van der Waals surface area contributed by atoms with E-state index >= 15 is 0 Å². The van der Waals surface area contributed by atoms with Gasteiger partial charge in [0.15, 0.2) is 0 Å². The molecule has 0 unspecified atom stereocenters. The first kappa shape index (κ1) is 13.6. The molecule has 0 fully saturated rings. The molecule has 0 spiro atoms. The highest BCUT2D eigenvalue weighted by Gasteiger charge is 2.09. The van der Waals surface area contributed by atoms with E-state index in [4.69, 9.17) is 4.74 Å². The van der Waals surface area contributed by atoms with Crippen molar-refractivity contribution in [1.82, 2.24) is 0 Å². The highest BCUT2D eigenvalue weighted by atomic mass is 28.2. The first-order valence-corrected chi connectivity index (χ1v) is 7.95. The number of carbonyl (C=O) groups excluding carboxylic acids is 1. The van der Waals surface area contributed by atoms with Crippen molar-refractivity contribution >= 4 is 20.7 Å². The molecular weight excluding hydrogens is 252 g/mol. The molecule has 0 heterocycles. The molecule has 0 saturated heterocycles. The van der Waals surface area contributed by atoms with Crippen molar-refractivity contribution in [3.8, 4) is 0 Å². The van der Waals surface area contributed by atoms with Crippen LogP contribution in [0.5, 0.6) is 0 Å². The Balaban J connectivity index is 2.07. The van der Waals surface area contributed by atoms with Gasteiger partial charge in [-0.15, -0.1) is 0 Å². The van der Waals surface area contributed by atoms with Gasteiger partial charge in [-0.3, -0.25) is 0 Å². The molecule has 2 rings (SSSR count). The fourth-order valence-electron chi connectivity index (χ4n) is 2.15. The van der Waals surface area contributed by atoms with Gasteiger partial charge < -0.3 is 4.74 Å². The summed E-state index contributed by atoms with van der Waals surface area (Å²) in [4.78, 5) is 11.4. The summed E-state index contributed by atoms with van der Waals surface area (Å²) in [5.74, 6) is -0.278. The Hall–Kier alpha value is -1.87. The second-order valence-electron chi connectivity index (χ2n) is 4.70. The minimum Gasteiger partial charge on any atom is -0.465 e. The molecule has 0 saturated carbocycles. The Morgan fingerprint density at radius 2 is 1.68 bits per heavy atom. The molecule has 1 atom stereocenters. The molecule has 0 bridgehead atoms. The summed E-state index contributed by atoms with van der Waals surface area (Å²) in [6.45, 7) is 2.26. The fourth-order valence-corrected chi connectivity index (χ4v) is 3.91. The first-order valence-electron chi connectivity index (χ1n) is 6.43. The van der Waals surface area contributed by atoms with Crippen LogP contribution < -0.4 is 5.19 Å². The lowest BCUT2D eigenvalue weighted by Gasteiger charge is -2.11. The number of esters is 1. The molecule has 2 aromatic rings. The molecule has 0 aromatic heterocycles. The maximum atomic E-state index is 11.4. The van der Waals surface area contributed by atoms with Crippen LogP contribution in [0.25, 0.3) is 0 Å². The third kappa shape index (κ3) is 3.55. The molecule has 3 heteroatoms. The molecule has 19 heavy (non-hydrogen) atoms. The number of hydrogen-bond acceptors (Lipinski definition) is 2. The predicted molar refractivity (Wildman–Crippen MR) is 80.8 cm³/mol. The van der Waals surface area contributed by atoms with Crippen LogP contribution in [0.4, 0.5) is 0 Å². The maximum Gasteiger partial charge on any atom is 0.337 e. The SMILES string of the molecule is COC(=O)c1ccc([C@H](C)[SiH2]c2ccccc2)cc1. The highest BCUT2D eigenvalue weighted by Crippen LogP contribution is 2.15. The average molecular weight is 270 g/mol. The highest BCUT2D eigenvalue weighted by molar-refractivity contribution is 6.54. The standard InChI is InChI=1S/C16H18O2Si/c1-12(19-15-6-4-3-5-7-15)13-8-10-14(11-9-13)16(17)18-2/h3-12H,19H2,1-2H3/t12-/m0/s1. The van der Waals surface area contributed by atoms with Gasteiger partial charge >= 0.3 is 5.97 Å². The van der Waals surface area contributed by atoms with E-state index in [-0.39, 0.29) is 15.5 Å². The Bertz CT molecular complexity index is 534. The molecule has 98 valence electrons. The monoisotopic (exact) mass is 270 g/mol. The van der Waals surface area contributed by atoms with Crippen LogP contribution in [0.1, 0.15) is 28.4 Å². The van der Waals surface area contributed by atoms with Gasteiger partial charge in [0.05, 0.1) is 22.2 Å². The summed E-state index contributed by atoms with van der Waals surface area (Å²) in [7, 11) is 1.07. The summed E-state index contributed by atoms with van der Waals surface area (Å²) in [6.07, 6.45) is 0. The summed E-state index contributed by atoms with van der Waals surface area (Å²) >= 11 is 0. The average Bonchev–Trinajstić information content (AvgIpc) is 2.47. The lowest BCUT2D eigenvalue weighted by molar-refractivity contribution is 0.0600. The zero-order chi connectivity index (χ0) is 13.7. The molecular formula is C16H18O2Si. The van der Waals surface area contributed by atoms with Crippen molar-refractivity contribution in [3.63, 3.8) is 0 Å². The zero-order valence-electron chi connectivity index (χ0n) is 11.3. The first-order chi connectivity index (χ1) is 9.20. The van der Waals surface area contributed by atoms with Gasteiger partial charge in [0, 0.05) is 0 Å². The van der Waals surface area contributed by atoms with Gasteiger partial charge in [-0.2, -0.15) is 0 Å². The number of benzene rings is 2. The Labute approximate surface area is 116 Å². The summed E-state index contributed by atoms with van der Waals surface area (Å²) in [5.41, 5.74) is 2.47. The smallest absolute Gasteiger partial charge is 0.337 e. The van der Waals surface area contributed by atoms with E-state index in [1.165, 1.54) is 17.9 Å². The van der Waals surface area contributed by atoms with E-state index < -0.39 is 0 Å². The van der Waals surface area contributed by atoms with Crippen molar-refractivity contribution in [2.45, 2.75) is 12.5 Å². The molecule has 0 aliphatic rings. The van der Waals surface area contributed by atoms with Crippen molar-refractivity contribution in [2.75, 3.05) is 7.11 Å². The van der Waals surface area contributed by atoms with Crippen LogP contribution in [0.15, 0.2) is 54.6 Å². The molecule has 0 amide bonds. The van der Waals surface area contributed by atoms with Gasteiger partial charge in [0.2, 0.25) is 0 Å². The second-order valence-corrected chi connectivity index (χ2v) is 7.15. The van der Waals surface area contributed by atoms with Crippen LogP contribution in [0, 0.1) is 0 Å². The van der Waals surface area contributed by atoms with Crippen molar-refractivity contribution in [1.29, 1.82) is 0 Å². The topological polar surface area (TPSA) is 26.3 Å². The number of ether oxygens (including phenoxy) is 1. The van der Waals surface area contributed by atoms with E-state index in [2.05, 4.69) is 31.2 Å². The molecule has 0 radical (unpaired) electrons. The molecule has 0 aliphatic heterocycles. The van der Waals surface area contributed by atoms with Gasteiger partial charge in [0.1, 0.15) is 0 Å². The number of carbonyl (C=O) groups is 1. The largest absolute Gasteiger partial charge is 0.465 e. The summed E-state index contributed by atoms with van der Waals surface area (Å²) < 4.78 is 4.70. The van der Waals surface area contributed by atoms with Crippen molar-refractivity contribution < 1.29 is 9.53 Å². The van der Waals surface area contributed by atoms with Gasteiger partial charge in [-0.05, 0) is 23.2 Å². The third-order valence-corrected chi connectivity index (χ3v) is 5.31. The van der Waals surface area contributed by atoms with E-state index in [1.807, 2.05) is 30.3 Å². The van der Waals surface area contributed by atoms with Crippen molar-refractivity contribution in [2.24, 2.45) is 0 Å². The molecule has 2 aromatic carbocycles. The minimum atomic E-state index is -0.338. The van der Waals surface area contributed by atoms with Crippen LogP contribution in [-0.2, 0) is 4.74 Å². The van der Waals surface area contributed by atoms with E-state index in [0.29, 0.717) is 11.1 Å². The lowest BCUT2D eigenvalue weighted by Crippen LogP contribution is -2.19. The molecule has 2 nitrogen and oxygen atoms in total. The van der Waals surface area contributed by atoms with Gasteiger partial charge in [-0.25, -0.2) is 4.79 Å².